The lowest BCUT2D eigenvalue weighted by molar-refractivity contribution is 0.0976. The molecule has 0 fully saturated rings. The third kappa shape index (κ3) is 2.28. The molecule has 1 aromatic heterocycles. The summed E-state index contributed by atoms with van der Waals surface area (Å²) in [4.78, 5) is 18.8. The molecule has 4 heteroatoms. The summed E-state index contributed by atoms with van der Waals surface area (Å²) in [6.45, 7) is 4.88. The number of carbonyl (C=O) groups excluding carboxylic acids is 1. The van der Waals surface area contributed by atoms with Crippen molar-refractivity contribution in [2.75, 3.05) is 11.4 Å². The number of hydrogen-bond acceptors (Lipinski definition) is 3. The van der Waals surface area contributed by atoms with Crippen LogP contribution in [0.4, 0.5) is 5.69 Å². The van der Waals surface area contributed by atoms with Gasteiger partial charge in [0.15, 0.2) is 0 Å². The van der Waals surface area contributed by atoms with E-state index >= 15 is 0 Å². The molecule has 1 aliphatic rings. The van der Waals surface area contributed by atoms with Crippen LogP contribution in [0.25, 0.3) is 0 Å². The maximum Gasteiger partial charge on any atom is 0.277 e. The van der Waals surface area contributed by atoms with Crippen LogP contribution in [0.15, 0.2) is 29.6 Å². The van der Waals surface area contributed by atoms with Crippen LogP contribution >= 0.6 is 11.3 Å². The molecule has 0 spiro atoms. The van der Waals surface area contributed by atoms with E-state index < -0.39 is 0 Å². The van der Waals surface area contributed by atoms with Crippen molar-refractivity contribution in [3.63, 3.8) is 0 Å². The van der Waals surface area contributed by atoms with Gasteiger partial charge in [0.1, 0.15) is 5.69 Å². The van der Waals surface area contributed by atoms with E-state index in [1.807, 2.05) is 35.4 Å². The van der Waals surface area contributed by atoms with Gasteiger partial charge in [-0.25, -0.2) is 4.98 Å². The second-order valence-electron chi connectivity index (χ2n) is 5.11. The minimum atomic E-state index is 0.0170. The summed E-state index contributed by atoms with van der Waals surface area (Å²) in [5.41, 5.74) is 2.85. The summed E-state index contributed by atoms with van der Waals surface area (Å²) >= 11 is 1.52. The zero-order chi connectivity index (χ0) is 13.4. The van der Waals surface area contributed by atoms with Gasteiger partial charge >= 0.3 is 0 Å². The lowest BCUT2D eigenvalue weighted by Gasteiger charge is -2.32. The molecule has 2 aromatic rings. The smallest absolute Gasteiger partial charge is 0.277 e. The number of thiazole rings is 1. The van der Waals surface area contributed by atoms with Gasteiger partial charge in [0.25, 0.3) is 5.91 Å². The highest BCUT2D eigenvalue weighted by atomic mass is 32.1. The number of aryl methyl sites for hydroxylation is 1. The van der Waals surface area contributed by atoms with E-state index in [-0.39, 0.29) is 5.91 Å². The molecule has 3 rings (SSSR count). The normalized spacial score (nSPS) is 18.2. The van der Waals surface area contributed by atoms with E-state index in [1.165, 1.54) is 16.9 Å². The monoisotopic (exact) mass is 272 g/mol. The first-order valence-electron chi connectivity index (χ1n) is 6.47. The lowest BCUT2D eigenvalue weighted by Crippen LogP contribution is -2.39. The highest BCUT2D eigenvalue weighted by Crippen LogP contribution is 2.30. The van der Waals surface area contributed by atoms with Crippen LogP contribution in [0, 0.1) is 12.8 Å². The van der Waals surface area contributed by atoms with Crippen LogP contribution in [-0.4, -0.2) is 17.4 Å². The van der Waals surface area contributed by atoms with E-state index in [9.17, 15) is 4.79 Å². The zero-order valence-corrected chi connectivity index (χ0v) is 11.9. The minimum Gasteiger partial charge on any atom is -0.306 e. The zero-order valence-electron chi connectivity index (χ0n) is 11.1. The Morgan fingerprint density at radius 1 is 1.42 bits per heavy atom. The van der Waals surface area contributed by atoms with Crippen molar-refractivity contribution in [2.24, 2.45) is 5.92 Å². The van der Waals surface area contributed by atoms with Crippen LogP contribution in [0.3, 0.4) is 0 Å². The van der Waals surface area contributed by atoms with Crippen LogP contribution in [0.1, 0.15) is 28.0 Å². The Balaban J connectivity index is 1.99. The number of aromatic nitrogens is 1. The summed E-state index contributed by atoms with van der Waals surface area (Å²) in [6.07, 6.45) is 1.04. The molecule has 0 radical (unpaired) electrons. The standard InChI is InChI=1S/C15H16N2OS/c1-10-7-12-5-3-4-6-14(12)17(8-10)15(18)13-9-19-11(2)16-13/h3-6,9-10H,7-8H2,1-2H3. The summed E-state index contributed by atoms with van der Waals surface area (Å²) in [5, 5.41) is 2.78. The summed E-state index contributed by atoms with van der Waals surface area (Å²) in [7, 11) is 0. The van der Waals surface area contributed by atoms with Crippen molar-refractivity contribution in [1.29, 1.82) is 0 Å². The predicted molar refractivity (Wildman–Crippen MR) is 77.8 cm³/mol. The fourth-order valence-electron chi connectivity index (χ4n) is 2.59. The Morgan fingerprint density at radius 2 is 2.21 bits per heavy atom. The highest BCUT2D eigenvalue weighted by molar-refractivity contribution is 7.09. The van der Waals surface area contributed by atoms with Gasteiger partial charge in [0.05, 0.1) is 5.01 Å². The highest BCUT2D eigenvalue weighted by Gasteiger charge is 2.27. The number of benzene rings is 1. The van der Waals surface area contributed by atoms with Gasteiger partial charge in [-0.1, -0.05) is 25.1 Å². The summed E-state index contributed by atoms with van der Waals surface area (Å²) < 4.78 is 0. The van der Waals surface area contributed by atoms with Crippen molar-refractivity contribution < 1.29 is 4.79 Å². The van der Waals surface area contributed by atoms with E-state index in [4.69, 9.17) is 0 Å². The van der Waals surface area contributed by atoms with Crippen LogP contribution in [0.2, 0.25) is 0 Å². The van der Waals surface area contributed by atoms with Crippen LogP contribution in [-0.2, 0) is 6.42 Å². The van der Waals surface area contributed by atoms with Crippen molar-refractivity contribution in [2.45, 2.75) is 20.3 Å². The molecule has 0 saturated heterocycles. The second kappa shape index (κ2) is 4.78. The molecule has 0 aliphatic carbocycles. The predicted octanol–water partition coefficient (Wildman–Crippen LogP) is 3.29. The maximum absolute atomic E-state index is 12.6. The topological polar surface area (TPSA) is 33.2 Å². The van der Waals surface area contributed by atoms with Crippen molar-refractivity contribution >= 4 is 22.9 Å². The third-order valence-electron chi connectivity index (χ3n) is 3.43. The molecule has 0 bridgehead atoms. The summed E-state index contributed by atoms with van der Waals surface area (Å²) in [5.74, 6) is 0.502. The molecule has 0 N–H and O–H groups in total. The molecule has 2 heterocycles. The molecular weight excluding hydrogens is 256 g/mol. The quantitative estimate of drug-likeness (QED) is 0.798. The number of carbonyl (C=O) groups is 1. The second-order valence-corrected chi connectivity index (χ2v) is 6.17. The van der Waals surface area contributed by atoms with E-state index in [0.29, 0.717) is 11.6 Å². The minimum absolute atomic E-state index is 0.0170. The van der Waals surface area contributed by atoms with E-state index in [0.717, 1.165) is 23.7 Å². The Kier molecular flexibility index (Phi) is 3.11. The molecule has 19 heavy (non-hydrogen) atoms. The maximum atomic E-state index is 12.6. The average Bonchev–Trinajstić information content (AvgIpc) is 2.83. The van der Waals surface area contributed by atoms with Gasteiger partial charge < -0.3 is 4.90 Å². The molecule has 1 atom stereocenters. The number of amides is 1. The number of rotatable bonds is 1. The van der Waals surface area contributed by atoms with Gasteiger partial charge in [-0.2, -0.15) is 0 Å². The molecule has 0 saturated carbocycles. The Morgan fingerprint density at radius 3 is 2.95 bits per heavy atom. The summed E-state index contributed by atoms with van der Waals surface area (Å²) in [6, 6.07) is 8.16. The Bertz CT molecular complexity index is 620. The van der Waals surface area contributed by atoms with E-state index in [1.54, 1.807) is 0 Å². The fraction of sp³-hybridized carbons (Fsp3) is 0.333. The molecule has 1 amide bonds. The lowest BCUT2D eigenvalue weighted by atomic mass is 9.94. The van der Waals surface area contributed by atoms with Crippen molar-refractivity contribution in [3.05, 3.63) is 45.9 Å². The van der Waals surface area contributed by atoms with Gasteiger partial charge in [-0.05, 0) is 30.9 Å². The molecule has 98 valence electrons. The molecule has 1 unspecified atom stereocenters. The number of nitrogens with zero attached hydrogens (tertiary/aromatic N) is 2. The number of para-hydroxylation sites is 1. The van der Waals surface area contributed by atoms with Gasteiger partial charge in [0, 0.05) is 17.6 Å². The van der Waals surface area contributed by atoms with Crippen molar-refractivity contribution in [3.8, 4) is 0 Å². The Labute approximate surface area is 116 Å². The van der Waals surface area contributed by atoms with Crippen LogP contribution in [0.5, 0.6) is 0 Å². The average molecular weight is 272 g/mol. The number of anilines is 1. The molecular formula is C15H16N2OS. The molecule has 1 aliphatic heterocycles. The van der Waals surface area contributed by atoms with Crippen molar-refractivity contribution in [1.82, 2.24) is 4.98 Å². The van der Waals surface area contributed by atoms with Gasteiger partial charge in [-0.15, -0.1) is 11.3 Å². The molecule has 1 aromatic carbocycles. The first-order valence-corrected chi connectivity index (χ1v) is 7.35. The first kappa shape index (κ1) is 12.4. The Hall–Kier alpha value is -1.68. The van der Waals surface area contributed by atoms with Crippen LogP contribution < -0.4 is 4.90 Å². The van der Waals surface area contributed by atoms with E-state index in [2.05, 4.69) is 18.0 Å². The first-order chi connectivity index (χ1) is 9.15. The molecule has 3 nitrogen and oxygen atoms in total. The number of hydrogen-bond donors (Lipinski definition) is 0. The SMILES string of the molecule is Cc1nc(C(=O)N2CC(C)Cc3ccccc32)cs1. The third-order valence-corrected chi connectivity index (χ3v) is 4.20. The van der Waals surface area contributed by atoms with Gasteiger partial charge in [-0.3, -0.25) is 4.79 Å². The largest absolute Gasteiger partial charge is 0.306 e. The fourth-order valence-corrected chi connectivity index (χ4v) is 3.18. The van der Waals surface area contributed by atoms with Gasteiger partial charge in [0.2, 0.25) is 0 Å². The number of fused-ring (bicyclic) bond motifs is 1.